The number of benzene rings is 1. The Morgan fingerprint density at radius 2 is 2.08 bits per heavy atom. The zero-order valence-electron chi connectivity index (χ0n) is 14.0. The van der Waals surface area contributed by atoms with E-state index in [1.807, 2.05) is 0 Å². The smallest absolute Gasteiger partial charge is 0.387 e. The van der Waals surface area contributed by atoms with Gasteiger partial charge in [-0.3, -0.25) is 4.79 Å². The molecule has 2 aliphatic rings. The molecular weight excluding hydrogens is 360 g/mol. The Morgan fingerprint density at radius 1 is 1.27 bits per heavy atom. The molecule has 0 radical (unpaired) electrons. The summed E-state index contributed by atoms with van der Waals surface area (Å²) in [5.74, 6) is 0.701. The van der Waals surface area contributed by atoms with E-state index in [0.29, 0.717) is 22.4 Å². The molecule has 2 heterocycles. The van der Waals surface area contributed by atoms with E-state index in [9.17, 15) is 13.6 Å². The van der Waals surface area contributed by atoms with Crippen molar-refractivity contribution in [1.29, 1.82) is 0 Å². The summed E-state index contributed by atoms with van der Waals surface area (Å²) in [6.07, 6.45) is 4.37. The Balaban J connectivity index is 1.43. The number of alkyl halides is 2. The van der Waals surface area contributed by atoms with Gasteiger partial charge < -0.3 is 15.4 Å². The highest BCUT2D eigenvalue weighted by atomic mass is 32.1. The van der Waals surface area contributed by atoms with Crippen LogP contribution in [-0.4, -0.2) is 29.6 Å². The second-order valence-corrected chi connectivity index (χ2v) is 7.50. The van der Waals surface area contributed by atoms with Gasteiger partial charge in [0, 0.05) is 17.0 Å². The molecule has 8 heteroatoms. The molecule has 5 nitrogen and oxygen atoms in total. The number of halogens is 2. The second-order valence-electron chi connectivity index (χ2n) is 6.64. The van der Waals surface area contributed by atoms with Crippen LogP contribution in [0, 0.1) is 5.92 Å². The number of hydrogen-bond acceptors (Lipinski definition) is 5. The molecule has 2 N–H and O–H groups in total. The monoisotopic (exact) mass is 379 g/mol. The minimum absolute atomic E-state index is 0.0652. The fraction of sp³-hybridized carbons (Fsp3) is 0.444. The Bertz CT molecular complexity index is 794. The summed E-state index contributed by atoms with van der Waals surface area (Å²) in [4.78, 5) is 16.8. The van der Waals surface area contributed by atoms with Crippen LogP contribution in [-0.2, 0) is 4.79 Å². The molecular formula is C18H19F2N3O2S. The average Bonchev–Trinajstić information content (AvgIpc) is 3.16. The molecule has 1 aromatic carbocycles. The Morgan fingerprint density at radius 3 is 2.85 bits per heavy atom. The summed E-state index contributed by atoms with van der Waals surface area (Å²) in [5.41, 5.74) is 0.967. The lowest BCUT2D eigenvalue weighted by Gasteiger charge is -2.12. The van der Waals surface area contributed by atoms with E-state index in [1.165, 1.54) is 30.2 Å². The van der Waals surface area contributed by atoms with Gasteiger partial charge in [-0.25, -0.2) is 4.98 Å². The number of rotatable bonds is 6. The molecule has 2 atom stereocenters. The van der Waals surface area contributed by atoms with Gasteiger partial charge in [-0.05, 0) is 43.7 Å². The third kappa shape index (κ3) is 3.86. The molecule has 0 spiro atoms. The van der Waals surface area contributed by atoms with E-state index in [0.717, 1.165) is 18.8 Å². The van der Waals surface area contributed by atoms with Gasteiger partial charge in [-0.1, -0.05) is 12.1 Å². The van der Waals surface area contributed by atoms with E-state index in [2.05, 4.69) is 20.4 Å². The lowest BCUT2D eigenvalue weighted by Crippen LogP contribution is -2.39. The average molecular weight is 379 g/mol. The summed E-state index contributed by atoms with van der Waals surface area (Å²) in [7, 11) is 0. The molecule has 1 amide bonds. The standard InChI is InChI=1S/C18H19F2N3O2S/c19-17(20)25-15-4-2-1-3-11(15)14-9-26-18(22-14)23-16(24)13-8-7-12(21-13)10-5-6-10/h1-4,9-10,12-13,17,21H,5-8H2,(H,22,23,24). The van der Waals surface area contributed by atoms with Crippen molar-refractivity contribution in [2.75, 3.05) is 5.32 Å². The number of nitrogens with zero attached hydrogens (tertiary/aromatic N) is 1. The van der Waals surface area contributed by atoms with Crippen LogP contribution < -0.4 is 15.4 Å². The van der Waals surface area contributed by atoms with Crippen molar-refractivity contribution in [1.82, 2.24) is 10.3 Å². The van der Waals surface area contributed by atoms with Crippen molar-refractivity contribution in [3.05, 3.63) is 29.6 Å². The van der Waals surface area contributed by atoms with E-state index in [-0.39, 0.29) is 17.7 Å². The fourth-order valence-electron chi connectivity index (χ4n) is 3.37. The minimum atomic E-state index is -2.90. The van der Waals surface area contributed by atoms with Crippen LogP contribution in [0.15, 0.2) is 29.6 Å². The molecule has 1 aliphatic heterocycles. The van der Waals surface area contributed by atoms with E-state index in [4.69, 9.17) is 0 Å². The molecule has 0 bridgehead atoms. The first-order chi connectivity index (χ1) is 12.6. The number of anilines is 1. The summed E-state index contributed by atoms with van der Waals surface area (Å²) in [6.45, 7) is -2.90. The maximum absolute atomic E-state index is 12.6. The molecule has 2 fully saturated rings. The molecule has 2 aromatic rings. The van der Waals surface area contributed by atoms with Gasteiger partial charge in [0.25, 0.3) is 0 Å². The predicted molar refractivity (Wildman–Crippen MR) is 95.5 cm³/mol. The lowest BCUT2D eigenvalue weighted by molar-refractivity contribution is -0.117. The van der Waals surface area contributed by atoms with E-state index < -0.39 is 6.61 Å². The number of amides is 1. The topological polar surface area (TPSA) is 63.2 Å². The fourth-order valence-corrected chi connectivity index (χ4v) is 4.09. The summed E-state index contributed by atoms with van der Waals surface area (Å²) in [6, 6.07) is 6.75. The van der Waals surface area contributed by atoms with Crippen molar-refractivity contribution in [3.63, 3.8) is 0 Å². The van der Waals surface area contributed by atoms with Crippen molar-refractivity contribution in [2.24, 2.45) is 5.92 Å². The number of nitrogens with one attached hydrogen (secondary N) is 2. The summed E-state index contributed by atoms with van der Waals surface area (Å²) >= 11 is 1.26. The molecule has 1 aromatic heterocycles. The zero-order chi connectivity index (χ0) is 18.1. The highest BCUT2D eigenvalue weighted by Gasteiger charge is 2.38. The van der Waals surface area contributed by atoms with Crippen molar-refractivity contribution >= 4 is 22.4 Å². The maximum Gasteiger partial charge on any atom is 0.387 e. The predicted octanol–water partition coefficient (Wildman–Crippen LogP) is 3.88. The Labute approximate surface area is 153 Å². The summed E-state index contributed by atoms with van der Waals surface area (Å²) < 4.78 is 29.7. The normalized spacial score (nSPS) is 22.6. The highest BCUT2D eigenvalue weighted by molar-refractivity contribution is 7.14. The highest BCUT2D eigenvalue weighted by Crippen LogP contribution is 2.37. The molecule has 1 saturated heterocycles. The second kappa shape index (κ2) is 7.28. The molecule has 4 rings (SSSR count). The number of carbonyl (C=O) groups excluding carboxylic acids is 1. The number of hydrogen-bond donors (Lipinski definition) is 2. The largest absolute Gasteiger partial charge is 0.434 e. The van der Waals surface area contributed by atoms with Crippen LogP contribution in [0.1, 0.15) is 25.7 Å². The van der Waals surface area contributed by atoms with Gasteiger partial charge in [0.15, 0.2) is 5.13 Å². The van der Waals surface area contributed by atoms with Gasteiger partial charge >= 0.3 is 6.61 Å². The maximum atomic E-state index is 12.6. The quantitative estimate of drug-likeness (QED) is 0.800. The Hall–Kier alpha value is -2.06. The molecule has 138 valence electrons. The summed E-state index contributed by atoms with van der Waals surface area (Å²) in [5, 5.41) is 8.41. The molecule has 1 aliphatic carbocycles. The van der Waals surface area contributed by atoms with Crippen LogP contribution >= 0.6 is 11.3 Å². The van der Waals surface area contributed by atoms with Crippen molar-refractivity contribution in [3.8, 4) is 17.0 Å². The molecule has 2 unspecified atom stereocenters. The van der Waals surface area contributed by atoms with Gasteiger partial charge in [0.05, 0.1) is 11.7 Å². The number of ether oxygens (including phenoxy) is 1. The van der Waals surface area contributed by atoms with Crippen LogP contribution in [0.4, 0.5) is 13.9 Å². The Kier molecular flexibility index (Phi) is 4.86. The van der Waals surface area contributed by atoms with Crippen LogP contribution in [0.5, 0.6) is 5.75 Å². The minimum Gasteiger partial charge on any atom is -0.434 e. The lowest BCUT2D eigenvalue weighted by atomic mass is 10.1. The van der Waals surface area contributed by atoms with Gasteiger partial charge in [-0.15, -0.1) is 11.3 Å². The van der Waals surface area contributed by atoms with Crippen LogP contribution in [0.25, 0.3) is 11.3 Å². The van der Waals surface area contributed by atoms with Crippen molar-refractivity contribution < 1.29 is 18.3 Å². The first-order valence-corrected chi connectivity index (χ1v) is 9.55. The van der Waals surface area contributed by atoms with Crippen molar-refractivity contribution in [2.45, 2.75) is 44.4 Å². The van der Waals surface area contributed by atoms with E-state index >= 15 is 0 Å². The first-order valence-electron chi connectivity index (χ1n) is 8.67. The molecule has 1 saturated carbocycles. The van der Waals surface area contributed by atoms with E-state index in [1.54, 1.807) is 23.6 Å². The van der Waals surface area contributed by atoms with Gasteiger partial charge in [0.1, 0.15) is 5.75 Å². The zero-order valence-corrected chi connectivity index (χ0v) is 14.8. The number of carbonyl (C=O) groups is 1. The van der Waals surface area contributed by atoms with Gasteiger partial charge in [0.2, 0.25) is 5.91 Å². The number of thiazole rings is 1. The van der Waals surface area contributed by atoms with Gasteiger partial charge in [-0.2, -0.15) is 8.78 Å². The first kappa shape index (κ1) is 17.4. The number of para-hydroxylation sites is 1. The van der Waals surface area contributed by atoms with Crippen LogP contribution in [0.3, 0.4) is 0 Å². The molecule has 26 heavy (non-hydrogen) atoms. The third-order valence-corrected chi connectivity index (χ3v) is 5.56. The number of aromatic nitrogens is 1. The van der Waals surface area contributed by atoms with Crippen LogP contribution in [0.2, 0.25) is 0 Å². The SMILES string of the molecule is O=C(Nc1nc(-c2ccccc2OC(F)F)cs1)C1CCC(C2CC2)N1. The third-order valence-electron chi connectivity index (χ3n) is 4.80.